The van der Waals surface area contributed by atoms with Crippen molar-refractivity contribution in [1.82, 2.24) is 0 Å². The van der Waals surface area contributed by atoms with Crippen LogP contribution in [0.1, 0.15) is 11.1 Å². The Bertz CT molecular complexity index is 350. The van der Waals surface area contributed by atoms with Crippen LogP contribution in [0.3, 0.4) is 0 Å². The Morgan fingerprint density at radius 1 is 1.09 bits per heavy atom. The summed E-state index contributed by atoms with van der Waals surface area (Å²) in [4.78, 5) is 0. The smallest absolute Gasteiger partial charge is 0.0409 e. The van der Waals surface area contributed by atoms with E-state index >= 15 is 0 Å². The van der Waals surface area contributed by atoms with E-state index in [1.165, 1.54) is 0 Å². The monoisotopic (exact) mass is 252 g/mol. The van der Waals surface area contributed by atoms with Gasteiger partial charge in [-0.3, -0.25) is 0 Å². The summed E-state index contributed by atoms with van der Waals surface area (Å²) in [7, 11) is 0. The van der Waals surface area contributed by atoms with Crippen LogP contribution in [0.25, 0.3) is 0 Å². The second kappa shape index (κ2) is 3.46. The molecule has 52 valence electrons. The summed E-state index contributed by atoms with van der Waals surface area (Å²) in [5.41, 5.74) is 1.58. The molecular weight excluding hydrogens is 247 g/mol. The summed E-state index contributed by atoms with van der Waals surface area (Å²) in [6, 6.07) is 5.70. The minimum atomic E-state index is 0.785. The highest BCUT2D eigenvalue weighted by Crippen LogP contribution is 2.11. The lowest BCUT2D eigenvalue weighted by Crippen LogP contribution is -1.83. The molecule has 0 amide bonds. The molecule has 0 radical (unpaired) electrons. The van der Waals surface area contributed by atoms with Gasteiger partial charge in [0.25, 0.3) is 0 Å². The average molecular weight is 252 g/mol. The van der Waals surface area contributed by atoms with E-state index in [4.69, 9.17) is 12.8 Å². The van der Waals surface area contributed by atoms with E-state index in [9.17, 15) is 0 Å². The van der Waals surface area contributed by atoms with E-state index in [2.05, 4.69) is 34.4 Å². The van der Waals surface area contributed by atoms with Crippen molar-refractivity contribution in [1.29, 1.82) is 0 Å². The van der Waals surface area contributed by atoms with Crippen LogP contribution >= 0.6 is 22.6 Å². The van der Waals surface area contributed by atoms with Crippen molar-refractivity contribution < 1.29 is 0 Å². The van der Waals surface area contributed by atoms with E-state index < -0.39 is 0 Å². The first kappa shape index (κ1) is 8.17. The molecule has 0 nitrogen and oxygen atoms in total. The first-order valence-electron chi connectivity index (χ1n) is 3.00. The molecule has 0 N–H and O–H groups in total. The molecule has 0 aliphatic heterocycles. The highest BCUT2D eigenvalue weighted by molar-refractivity contribution is 14.1. The highest BCUT2D eigenvalue weighted by atomic mass is 127. The molecule has 0 atom stereocenters. The summed E-state index contributed by atoms with van der Waals surface area (Å²) >= 11 is 2.20. The fraction of sp³-hybridized carbons (Fsp3) is 0. The van der Waals surface area contributed by atoms with Crippen LogP contribution in [0.15, 0.2) is 18.2 Å². The quantitative estimate of drug-likeness (QED) is 0.490. The van der Waals surface area contributed by atoms with Crippen LogP contribution in [-0.2, 0) is 0 Å². The zero-order chi connectivity index (χ0) is 8.27. The maximum absolute atomic E-state index is 5.25. The maximum atomic E-state index is 5.25. The van der Waals surface area contributed by atoms with Gasteiger partial charge in [-0.05, 0) is 40.8 Å². The zero-order valence-electron chi connectivity index (χ0n) is 5.76. The van der Waals surface area contributed by atoms with Gasteiger partial charge in [-0.15, -0.1) is 12.8 Å². The van der Waals surface area contributed by atoms with E-state index in [0.29, 0.717) is 0 Å². The van der Waals surface area contributed by atoms with Crippen molar-refractivity contribution >= 4 is 22.6 Å². The van der Waals surface area contributed by atoms with Gasteiger partial charge in [0.05, 0.1) is 0 Å². The van der Waals surface area contributed by atoms with E-state index in [-0.39, 0.29) is 0 Å². The molecule has 0 saturated heterocycles. The Labute approximate surface area is 80.2 Å². The molecule has 0 unspecified atom stereocenters. The molecule has 1 rings (SSSR count). The Kier molecular flexibility index (Phi) is 2.57. The normalized spacial score (nSPS) is 8.27. The average Bonchev–Trinajstić information content (AvgIpc) is 2.04. The Morgan fingerprint density at radius 2 is 1.73 bits per heavy atom. The summed E-state index contributed by atoms with van der Waals surface area (Å²) in [6.07, 6.45) is 10.5. The van der Waals surface area contributed by atoms with Crippen molar-refractivity contribution in [3.05, 3.63) is 32.9 Å². The molecule has 11 heavy (non-hydrogen) atoms. The van der Waals surface area contributed by atoms with Gasteiger partial charge in [0.2, 0.25) is 0 Å². The standard InChI is InChI=1S/C10H5I/c1-3-8-5-6-10(11)7-9(8)4-2/h1-2,5-7H. The minimum Gasteiger partial charge on any atom is -0.115 e. The summed E-state index contributed by atoms with van der Waals surface area (Å²) < 4.78 is 1.11. The first-order valence-corrected chi connectivity index (χ1v) is 4.08. The van der Waals surface area contributed by atoms with Crippen LogP contribution in [0.5, 0.6) is 0 Å². The van der Waals surface area contributed by atoms with Gasteiger partial charge in [-0.25, -0.2) is 0 Å². The number of rotatable bonds is 0. The third-order valence-corrected chi connectivity index (χ3v) is 1.96. The van der Waals surface area contributed by atoms with Crippen LogP contribution in [0.4, 0.5) is 0 Å². The topological polar surface area (TPSA) is 0 Å². The number of halogens is 1. The molecule has 0 aliphatic rings. The van der Waals surface area contributed by atoms with Gasteiger partial charge in [0, 0.05) is 14.7 Å². The van der Waals surface area contributed by atoms with E-state index in [1.54, 1.807) is 0 Å². The molecule has 0 heterocycles. The fourth-order valence-corrected chi connectivity index (χ4v) is 1.25. The van der Waals surface area contributed by atoms with Crippen LogP contribution in [0, 0.1) is 28.3 Å². The molecule has 0 fully saturated rings. The highest BCUT2D eigenvalue weighted by Gasteiger charge is 1.95. The van der Waals surface area contributed by atoms with Gasteiger partial charge >= 0.3 is 0 Å². The number of benzene rings is 1. The fourth-order valence-electron chi connectivity index (χ4n) is 0.762. The van der Waals surface area contributed by atoms with E-state index in [1.807, 2.05) is 18.2 Å². The van der Waals surface area contributed by atoms with Gasteiger partial charge in [-0.2, -0.15) is 0 Å². The predicted molar refractivity (Wildman–Crippen MR) is 55.0 cm³/mol. The SMILES string of the molecule is C#Cc1ccc(I)cc1C#C. The zero-order valence-corrected chi connectivity index (χ0v) is 7.92. The summed E-state index contributed by atoms with van der Waals surface area (Å²) in [6.45, 7) is 0. The lowest BCUT2D eigenvalue weighted by Gasteiger charge is -1.96. The first-order chi connectivity index (χ1) is 5.27. The number of terminal acetylenes is 2. The van der Waals surface area contributed by atoms with E-state index in [0.717, 1.165) is 14.7 Å². The Hall–Kier alpha value is -0.930. The number of hydrogen-bond acceptors (Lipinski definition) is 0. The van der Waals surface area contributed by atoms with Crippen molar-refractivity contribution in [3.8, 4) is 24.7 Å². The second-order valence-corrected chi connectivity index (χ2v) is 3.22. The van der Waals surface area contributed by atoms with Crippen LogP contribution in [-0.4, -0.2) is 0 Å². The molecule has 1 aromatic carbocycles. The summed E-state index contributed by atoms with van der Waals surface area (Å²) in [5, 5.41) is 0. The lowest BCUT2D eigenvalue weighted by molar-refractivity contribution is 1.55. The van der Waals surface area contributed by atoms with Crippen molar-refractivity contribution in [2.75, 3.05) is 0 Å². The molecule has 0 saturated carbocycles. The Balaban J connectivity index is 3.34. The van der Waals surface area contributed by atoms with Gasteiger partial charge in [0.15, 0.2) is 0 Å². The van der Waals surface area contributed by atoms with Gasteiger partial charge < -0.3 is 0 Å². The molecule has 1 aromatic rings. The van der Waals surface area contributed by atoms with Gasteiger partial charge in [-0.1, -0.05) is 11.8 Å². The van der Waals surface area contributed by atoms with Crippen LogP contribution < -0.4 is 0 Å². The predicted octanol–water partition coefficient (Wildman–Crippen LogP) is 2.25. The van der Waals surface area contributed by atoms with Gasteiger partial charge in [0.1, 0.15) is 0 Å². The second-order valence-electron chi connectivity index (χ2n) is 1.98. The molecular formula is C10H5I. The third-order valence-electron chi connectivity index (χ3n) is 1.29. The van der Waals surface area contributed by atoms with Crippen molar-refractivity contribution in [2.45, 2.75) is 0 Å². The van der Waals surface area contributed by atoms with Crippen molar-refractivity contribution in [2.24, 2.45) is 0 Å². The molecule has 0 bridgehead atoms. The Morgan fingerprint density at radius 3 is 2.27 bits per heavy atom. The molecule has 1 heteroatoms. The summed E-state index contributed by atoms with van der Waals surface area (Å²) in [5.74, 6) is 5.07. The molecule has 0 aromatic heterocycles. The molecule has 0 spiro atoms. The maximum Gasteiger partial charge on any atom is 0.0409 e. The molecule has 0 aliphatic carbocycles. The van der Waals surface area contributed by atoms with Crippen LogP contribution in [0.2, 0.25) is 0 Å². The minimum absolute atomic E-state index is 0.785. The third kappa shape index (κ3) is 1.76. The lowest BCUT2D eigenvalue weighted by atomic mass is 10.1. The largest absolute Gasteiger partial charge is 0.115 e. The number of hydrogen-bond donors (Lipinski definition) is 0. The van der Waals surface area contributed by atoms with Crippen molar-refractivity contribution in [3.63, 3.8) is 0 Å².